The number of allylic oxidation sites excluding steroid dienone is 1. The van der Waals surface area contributed by atoms with Crippen LogP contribution in [0.1, 0.15) is 13.8 Å². The molecule has 4 nitrogen and oxygen atoms in total. The van der Waals surface area contributed by atoms with Crippen molar-refractivity contribution in [3.8, 4) is 11.8 Å². The highest BCUT2D eigenvalue weighted by Gasteiger charge is 1.95. The molecule has 0 aromatic carbocycles. The van der Waals surface area contributed by atoms with E-state index in [1.54, 1.807) is 17.8 Å². The molecule has 0 amide bonds. The molecule has 0 bridgehead atoms. The van der Waals surface area contributed by atoms with Gasteiger partial charge in [-0.3, -0.25) is 0 Å². The third-order valence-corrected chi connectivity index (χ3v) is 1.23. The minimum Gasteiger partial charge on any atom is -0.211 e. The van der Waals surface area contributed by atoms with E-state index in [1.165, 1.54) is 12.5 Å². The molecule has 0 saturated carbocycles. The minimum atomic E-state index is 0.529. The standard InChI is InChI=1S/C9H10N4/c1-3-5-6-10-9-11-8-12-13(9)7-4-2/h4,6-8H,1-2H3/b7-4-,10-6?. The molecule has 0 atom stereocenters. The van der Waals surface area contributed by atoms with Gasteiger partial charge in [-0.15, -0.1) is 5.92 Å². The summed E-state index contributed by atoms with van der Waals surface area (Å²) in [5.41, 5.74) is 0. The zero-order chi connectivity index (χ0) is 9.52. The lowest BCUT2D eigenvalue weighted by atomic mass is 10.6. The van der Waals surface area contributed by atoms with Crippen LogP contribution in [0.4, 0.5) is 5.95 Å². The second-order valence-corrected chi connectivity index (χ2v) is 2.14. The van der Waals surface area contributed by atoms with E-state index < -0.39 is 0 Å². The van der Waals surface area contributed by atoms with Gasteiger partial charge in [0.05, 0.1) is 6.21 Å². The van der Waals surface area contributed by atoms with E-state index in [0.717, 1.165) is 0 Å². The first-order valence-corrected chi connectivity index (χ1v) is 3.85. The summed E-state index contributed by atoms with van der Waals surface area (Å²) in [6, 6.07) is 0. The third-order valence-electron chi connectivity index (χ3n) is 1.23. The van der Waals surface area contributed by atoms with Crippen LogP contribution in [0.3, 0.4) is 0 Å². The zero-order valence-electron chi connectivity index (χ0n) is 7.60. The maximum Gasteiger partial charge on any atom is 0.252 e. The average Bonchev–Trinajstić information content (AvgIpc) is 2.54. The molecule has 0 fully saturated rings. The second kappa shape index (κ2) is 4.88. The highest BCUT2D eigenvalue weighted by Crippen LogP contribution is 2.04. The Morgan fingerprint density at radius 1 is 1.62 bits per heavy atom. The molecule has 1 aromatic heterocycles. The van der Waals surface area contributed by atoms with Gasteiger partial charge in [0.25, 0.3) is 5.95 Å². The Morgan fingerprint density at radius 2 is 2.46 bits per heavy atom. The molecular weight excluding hydrogens is 164 g/mol. The smallest absolute Gasteiger partial charge is 0.211 e. The SMILES string of the molecule is CC#CC=Nc1ncnn1/C=C\C. The maximum atomic E-state index is 4.01. The molecule has 1 aromatic rings. The quantitative estimate of drug-likeness (QED) is 0.503. The topological polar surface area (TPSA) is 43.1 Å². The molecule has 0 aliphatic rings. The molecular formula is C9H10N4. The molecule has 13 heavy (non-hydrogen) atoms. The predicted molar refractivity (Wildman–Crippen MR) is 52.6 cm³/mol. The molecule has 1 heterocycles. The summed E-state index contributed by atoms with van der Waals surface area (Å²) in [7, 11) is 0. The van der Waals surface area contributed by atoms with Crippen molar-refractivity contribution in [1.82, 2.24) is 14.8 Å². The largest absolute Gasteiger partial charge is 0.252 e. The Labute approximate surface area is 77.0 Å². The fourth-order valence-corrected chi connectivity index (χ4v) is 0.737. The molecule has 0 saturated heterocycles. The first-order valence-electron chi connectivity index (χ1n) is 3.85. The van der Waals surface area contributed by atoms with Crippen LogP contribution in [0, 0.1) is 11.8 Å². The van der Waals surface area contributed by atoms with Crippen molar-refractivity contribution in [3.05, 3.63) is 12.4 Å². The third kappa shape index (κ3) is 2.56. The van der Waals surface area contributed by atoms with Crippen LogP contribution in [0.2, 0.25) is 0 Å². The van der Waals surface area contributed by atoms with E-state index in [1.807, 2.05) is 13.0 Å². The van der Waals surface area contributed by atoms with Gasteiger partial charge in [0, 0.05) is 6.20 Å². The first-order chi connectivity index (χ1) is 6.38. The highest BCUT2D eigenvalue weighted by molar-refractivity contribution is 5.79. The lowest BCUT2D eigenvalue weighted by Crippen LogP contribution is -1.87. The van der Waals surface area contributed by atoms with Crippen molar-refractivity contribution in [2.75, 3.05) is 0 Å². The van der Waals surface area contributed by atoms with Gasteiger partial charge in [0.2, 0.25) is 0 Å². The van der Waals surface area contributed by atoms with Crippen LogP contribution in [-0.4, -0.2) is 21.0 Å². The summed E-state index contributed by atoms with van der Waals surface area (Å²) in [5, 5.41) is 3.94. The van der Waals surface area contributed by atoms with Gasteiger partial charge in [-0.05, 0) is 13.8 Å². The maximum absolute atomic E-state index is 4.01. The lowest BCUT2D eigenvalue weighted by molar-refractivity contribution is 0.931. The molecule has 0 spiro atoms. The minimum absolute atomic E-state index is 0.529. The lowest BCUT2D eigenvalue weighted by Gasteiger charge is -1.90. The number of hydrogen-bond acceptors (Lipinski definition) is 3. The van der Waals surface area contributed by atoms with Crippen LogP contribution in [0.5, 0.6) is 0 Å². The Bertz CT molecular complexity index is 376. The van der Waals surface area contributed by atoms with E-state index in [4.69, 9.17) is 0 Å². The second-order valence-electron chi connectivity index (χ2n) is 2.14. The molecule has 66 valence electrons. The highest BCUT2D eigenvalue weighted by atomic mass is 15.4. The Kier molecular flexibility index (Phi) is 3.45. The summed E-state index contributed by atoms with van der Waals surface area (Å²) in [6.07, 6.45) is 6.59. The molecule has 0 aliphatic heterocycles. The van der Waals surface area contributed by atoms with E-state index in [-0.39, 0.29) is 0 Å². The monoisotopic (exact) mass is 174 g/mol. The predicted octanol–water partition coefficient (Wildman–Crippen LogP) is 1.49. The van der Waals surface area contributed by atoms with Crippen molar-refractivity contribution >= 4 is 18.4 Å². The van der Waals surface area contributed by atoms with E-state index in [9.17, 15) is 0 Å². The molecule has 4 heteroatoms. The normalized spacial score (nSPS) is 10.6. The fourth-order valence-electron chi connectivity index (χ4n) is 0.737. The van der Waals surface area contributed by atoms with E-state index in [2.05, 4.69) is 26.9 Å². The Morgan fingerprint density at radius 3 is 3.15 bits per heavy atom. The van der Waals surface area contributed by atoms with E-state index in [0.29, 0.717) is 5.95 Å². The molecule has 1 rings (SSSR count). The molecule has 0 radical (unpaired) electrons. The van der Waals surface area contributed by atoms with Crippen LogP contribution in [0.25, 0.3) is 6.20 Å². The van der Waals surface area contributed by atoms with Gasteiger partial charge in [0.1, 0.15) is 6.33 Å². The van der Waals surface area contributed by atoms with Crippen molar-refractivity contribution in [2.24, 2.45) is 4.99 Å². The summed E-state index contributed by atoms with van der Waals surface area (Å²) in [5.74, 6) is 5.94. The van der Waals surface area contributed by atoms with Gasteiger partial charge in [-0.2, -0.15) is 10.1 Å². The number of aliphatic imine (C=N–C) groups is 1. The number of nitrogens with zero attached hydrogens (tertiary/aromatic N) is 4. The number of rotatable bonds is 2. The van der Waals surface area contributed by atoms with Crippen molar-refractivity contribution in [3.63, 3.8) is 0 Å². The van der Waals surface area contributed by atoms with Crippen molar-refractivity contribution < 1.29 is 0 Å². The van der Waals surface area contributed by atoms with Crippen molar-refractivity contribution in [2.45, 2.75) is 13.8 Å². The Balaban J connectivity index is 2.85. The molecule has 0 aliphatic carbocycles. The fraction of sp³-hybridized carbons (Fsp3) is 0.222. The average molecular weight is 174 g/mol. The molecule has 0 unspecified atom stereocenters. The van der Waals surface area contributed by atoms with Crippen LogP contribution < -0.4 is 0 Å². The summed E-state index contributed by atoms with van der Waals surface area (Å²) < 4.78 is 1.58. The summed E-state index contributed by atoms with van der Waals surface area (Å²) in [4.78, 5) is 7.96. The summed E-state index contributed by atoms with van der Waals surface area (Å²) in [6.45, 7) is 3.66. The van der Waals surface area contributed by atoms with Gasteiger partial charge in [-0.25, -0.2) is 9.67 Å². The van der Waals surface area contributed by atoms with Gasteiger partial charge in [-0.1, -0.05) is 12.0 Å². The number of hydrogen-bond donors (Lipinski definition) is 0. The van der Waals surface area contributed by atoms with Crippen molar-refractivity contribution in [1.29, 1.82) is 0 Å². The van der Waals surface area contributed by atoms with E-state index >= 15 is 0 Å². The van der Waals surface area contributed by atoms with Gasteiger partial charge in [0.15, 0.2) is 0 Å². The summed E-state index contributed by atoms with van der Waals surface area (Å²) >= 11 is 0. The van der Waals surface area contributed by atoms with Crippen LogP contribution in [0.15, 0.2) is 17.4 Å². The van der Waals surface area contributed by atoms with Gasteiger partial charge >= 0.3 is 0 Å². The zero-order valence-corrected chi connectivity index (χ0v) is 7.60. The van der Waals surface area contributed by atoms with Gasteiger partial charge < -0.3 is 0 Å². The van der Waals surface area contributed by atoms with Crippen LogP contribution in [-0.2, 0) is 0 Å². The van der Waals surface area contributed by atoms with Crippen LogP contribution >= 0.6 is 0 Å². The number of aromatic nitrogens is 3. The first kappa shape index (κ1) is 9.20. The Hall–Kier alpha value is -1.89. The molecule has 0 N–H and O–H groups in total.